The number of hydrogen-bond acceptors (Lipinski definition) is 4. The van der Waals surface area contributed by atoms with Crippen molar-refractivity contribution in [1.82, 2.24) is 10.2 Å². The van der Waals surface area contributed by atoms with Crippen molar-refractivity contribution < 1.29 is 9.59 Å². The SMILES string of the molecule is CCC(CC)(CN)C(=O)NCc1cccc(CN2CCCC(C(N)=O)C2)c1.Cl.Cl. The second-order valence-corrected chi connectivity index (χ2v) is 7.67. The molecular weight excluding hydrogens is 411 g/mol. The van der Waals surface area contributed by atoms with E-state index >= 15 is 0 Å². The van der Waals surface area contributed by atoms with Crippen LogP contribution in [0.15, 0.2) is 24.3 Å². The number of nitrogens with zero attached hydrogens (tertiary/aromatic N) is 1. The van der Waals surface area contributed by atoms with E-state index in [-0.39, 0.29) is 42.5 Å². The van der Waals surface area contributed by atoms with Crippen LogP contribution >= 0.6 is 24.8 Å². The van der Waals surface area contributed by atoms with Gasteiger partial charge in [0.2, 0.25) is 11.8 Å². The first-order chi connectivity index (χ1) is 12.9. The molecule has 1 fully saturated rings. The number of carbonyl (C=O) groups is 2. The number of primary amides is 1. The Morgan fingerprint density at radius 3 is 2.45 bits per heavy atom. The van der Waals surface area contributed by atoms with E-state index in [1.54, 1.807) is 0 Å². The van der Waals surface area contributed by atoms with Crippen LogP contribution in [0.1, 0.15) is 50.7 Å². The lowest BCUT2D eigenvalue weighted by molar-refractivity contribution is -0.131. The molecular formula is C21H36Cl2N4O2. The fourth-order valence-electron chi connectivity index (χ4n) is 3.85. The average Bonchev–Trinajstić information content (AvgIpc) is 2.68. The molecule has 166 valence electrons. The monoisotopic (exact) mass is 446 g/mol. The number of rotatable bonds is 9. The number of hydrogen-bond donors (Lipinski definition) is 3. The minimum absolute atomic E-state index is 0. The van der Waals surface area contributed by atoms with Crippen LogP contribution in [0, 0.1) is 11.3 Å². The highest BCUT2D eigenvalue weighted by Gasteiger charge is 2.33. The van der Waals surface area contributed by atoms with Gasteiger partial charge in [0.1, 0.15) is 0 Å². The van der Waals surface area contributed by atoms with Gasteiger partial charge in [0.15, 0.2) is 0 Å². The van der Waals surface area contributed by atoms with Crippen LogP contribution < -0.4 is 16.8 Å². The molecule has 2 rings (SSSR count). The number of amides is 2. The van der Waals surface area contributed by atoms with E-state index in [2.05, 4.69) is 22.3 Å². The lowest BCUT2D eigenvalue weighted by atomic mass is 9.81. The maximum Gasteiger partial charge on any atom is 0.227 e. The molecule has 0 radical (unpaired) electrons. The molecule has 2 amide bonds. The minimum atomic E-state index is -0.477. The van der Waals surface area contributed by atoms with Crippen molar-refractivity contribution in [2.24, 2.45) is 22.8 Å². The second kappa shape index (κ2) is 13.1. The molecule has 1 aromatic rings. The second-order valence-electron chi connectivity index (χ2n) is 7.67. The molecule has 0 saturated carbocycles. The fourth-order valence-corrected chi connectivity index (χ4v) is 3.85. The number of likely N-dealkylation sites (tertiary alicyclic amines) is 1. The third-order valence-corrected chi connectivity index (χ3v) is 5.98. The summed E-state index contributed by atoms with van der Waals surface area (Å²) in [5, 5.41) is 3.05. The fraction of sp³-hybridized carbons (Fsp3) is 0.619. The van der Waals surface area contributed by atoms with Crippen LogP contribution in [0.2, 0.25) is 0 Å². The summed E-state index contributed by atoms with van der Waals surface area (Å²) in [6.45, 7) is 7.38. The number of piperidine rings is 1. The number of carbonyl (C=O) groups excluding carboxylic acids is 2. The van der Waals surface area contributed by atoms with E-state index in [0.29, 0.717) is 13.1 Å². The predicted octanol–water partition coefficient (Wildman–Crippen LogP) is 2.61. The first kappa shape index (κ1) is 27.7. The first-order valence-corrected chi connectivity index (χ1v) is 10.0. The third kappa shape index (κ3) is 7.45. The number of halogens is 2. The van der Waals surface area contributed by atoms with E-state index in [1.165, 1.54) is 5.56 Å². The molecule has 29 heavy (non-hydrogen) atoms. The molecule has 1 unspecified atom stereocenters. The van der Waals surface area contributed by atoms with E-state index in [0.717, 1.165) is 50.9 Å². The standard InChI is InChI=1S/C21H34N4O2.2ClH/c1-3-21(4-2,15-22)20(27)24-12-16-7-5-8-17(11-16)13-25-10-6-9-18(14-25)19(23)26;;/h5,7-8,11,18H,3-4,6,9-10,12-15,22H2,1-2H3,(H2,23,26)(H,24,27);2*1H. The maximum atomic E-state index is 12.6. The molecule has 0 spiro atoms. The molecule has 0 aliphatic carbocycles. The molecule has 0 bridgehead atoms. The van der Waals surface area contributed by atoms with Gasteiger partial charge in [-0.15, -0.1) is 24.8 Å². The Hall–Kier alpha value is -1.34. The lowest BCUT2D eigenvalue weighted by Gasteiger charge is -2.31. The normalized spacial score (nSPS) is 17.0. The predicted molar refractivity (Wildman–Crippen MR) is 122 cm³/mol. The molecule has 6 nitrogen and oxygen atoms in total. The van der Waals surface area contributed by atoms with Gasteiger partial charge in [-0.05, 0) is 43.4 Å². The minimum Gasteiger partial charge on any atom is -0.369 e. The average molecular weight is 447 g/mol. The number of nitrogens with two attached hydrogens (primary N) is 2. The largest absolute Gasteiger partial charge is 0.369 e. The highest BCUT2D eigenvalue weighted by Crippen LogP contribution is 2.25. The number of nitrogens with one attached hydrogen (secondary N) is 1. The van der Waals surface area contributed by atoms with E-state index < -0.39 is 5.41 Å². The zero-order valence-electron chi connectivity index (χ0n) is 17.5. The van der Waals surface area contributed by atoms with Crippen molar-refractivity contribution >= 4 is 36.6 Å². The van der Waals surface area contributed by atoms with E-state index in [1.807, 2.05) is 26.0 Å². The molecule has 5 N–H and O–H groups in total. The topological polar surface area (TPSA) is 101 Å². The summed E-state index contributed by atoms with van der Waals surface area (Å²) < 4.78 is 0. The Morgan fingerprint density at radius 2 is 1.86 bits per heavy atom. The highest BCUT2D eigenvalue weighted by molar-refractivity contribution is 5.85. The van der Waals surface area contributed by atoms with E-state index in [4.69, 9.17) is 11.5 Å². The van der Waals surface area contributed by atoms with Gasteiger partial charge in [0.05, 0.1) is 11.3 Å². The smallest absolute Gasteiger partial charge is 0.227 e. The van der Waals surface area contributed by atoms with Gasteiger partial charge in [0, 0.05) is 26.2 Å². The van der Waals surface area contributed by atoms with Gasteiger partial charge in [-0.3, -0.25) is 14.5 Å². The molecule has 1 atom stereocenters. The molecule has 1 aliphatic rings. The Balaban J connectivity index is 0.00000392. The van der Waals surface area contributed by atoms with Crippen LogP contribution in [0.3, 0.4) is 0 Å². The van der Waals surface area contributed by atoms with Gasteiger partial charge in [-0.1, -0.05) is 38.1 Å². The summed E-state index contributed by atoms with van der Waals surface area (Å²) in [7, 11) is 0. The van der Waals surface area contributed by atoms with Crippen LogP contribution in [0.4, 0.5) is 0 Å². The van der Waals surface area contributed by atoms with Crippen LogP contribution in [0.25, 0.3) is 0 Å². The van der Waals surface area contributed by atoms with Crippen molar-refractivity contribution in [3.05, 3.63) is 35.4 Å². The summed E-state index contributed by atoms with van der Waals surface area (Å²) >= 11 is 0. The lowest BCUT2D eigenvalue weighted by Crippen LogP contribution is -2.45. The molecule has 1 heterocycles. The van der Waals surface area contributed by atoms with Crippen molar-refractivity contribution in [2.45, 2.75) is 52.6 Å². The van der Waals surface area contributed by atoms with Crippen molar-refractivity contribution in [3.8, 4) is 0 Å². The van der Waals surface area contributed by atoms with Crippen molar-refractivity contribution in [1.29, 1.82) is 0 Å². The Labute approximate surface area is 187 Å². The molecule has 1 aromatic carbocycles. The molecule has 8 heteroatoms. The highest BCUT2D eigenvalue weighted by atomic mass is 35.5. The van der Waals surface area contributed by atoms with Crippen LogP contribution in [-0.2, 0) is 22.7 Å². The van der Waals surface area contributed by atoms with E-state index in [9.17, 15) is 9.59 Å². The summed E-state index contributed by atoms with van der Waals surface area (Å²) in [6, 6.07) is 8.24. The van der Waals surface area contributed by atoms with Crippen LogP contribution in [0.5, 0.6) is 0 Å². The third-order valence-electron chi connectivity index (χ3n) is 5.98. The summed E-state index contributed by atoms with van der Waals surface area (Å²) in [4.78, 5) is 26.3. The molecule has 0 aromatic heterocycles. The van der Waals surface area contributed by atoms with Gasteiger partial charge >= 0.3 is 0 Å². The van der Waals surface area contributed by atoms with Crippen molar-refractivity contribution in [2.75, 3.05) is 19.6 Å². The van der Waals surface area contributed by atoms with Crippen LogP contribution in [-0.4, -0.2) is 36.3 Å². The van der Waals surface area contributed by atoms with Gasteiger partial charge in [-0.25, -0.2) is 0 Å². The molecule has 1 aliphatic heterocycles. The van der Waals surface area contributed by atoms with Gasteiger partial charge in [-0.2, -0.15) is 0 Å². The van der Waals surface area contributed by atoms with Gasteiger partial charge < -0.3 is 16.8 Å². The number of benzene rings is 1. The zero-order chi connectivity index (χ0) is 19.9. The first-order valence-electron chi connectivity index (χ1n) is 10.0. The van der Waals surface area contributed by atoms with Gasteiger partial charge in [0.25, 0.3) is 0 Å². The Morgan fingerprint density at radius 1 is 1.21 bits per heavy atom. The summed E-state index contributed by atoms with van der Waals surface area (Å²) in [5.74, 6) is -0.221. The zero-order valence-corrected chi connectivity index (χ0v) is 19.1. The summed E-state index contributed by atoms with van der Waals surface area (Å²) in [5.41, 5.74) is 13.1. The molecule has 1 saturated heterocycles. The van der Waals surface area contributed by atoms with Crippen molar-refractivity contribution in [3.63, 3.8) is 0 Å². The summed E-state index contributed by atoms with van der Waals surface area (Å²) in [6.07, 6.45) is 3.36. The Kier molecular flexibility index (Phi) is 12.5. The Bertz CT molecular complexity index is 645. The quantitative estimate of drug-likeness (QED) is 0.542. The maximum absolute atomic E-state index is 12.6.